The van der Waals surface area contributed by atoms with Crippen LogP contribution in [0.2, 0.25) is 0 Å². The molecule has 6 nitrogen and oxygen atoms in total. The normalized spacial score (nSPS) is 21.3. The average Bonchev–Trinajstić information content (AvgIpc) is 2.73. The monoisotopic (exact) mass is 294 g/mol. The predicted octanol–water partition coefficient (Wildman–Crippen LogP) is 2.17. The zero-order valence-electron chi connectivity index (χ0n) is 13.4. The minimum atomic E-state index is -1.04. The van der Waals surface area contributed by atoms with Crippen LogP contribution < -0.4 is 5.32 Å². The van der Waals surface area contributed by atoms with Crippen molar-refractivity contribution in [3.8, 4) is 0 Å². The maximum absolute atomic E-state index is 10.7. The van der Waals surface area contributed by atoms with Gasteiger partial charge in [-0.1, -0.05) is 32.9 Å². The second-order valence-corrected chi connectivity index (χ2v) is 7.74. The van der Waals surface area contributed by atoms with Crippen molar-refractivity contribution in [1.29, 1.82) is 0 Å². The third-order valence-electron chi connectivity index (χ3n) is 4.09. The second-order valence-electron chi connectivity index (χ2n) is 7.74. The van der Waals surface area contributed by atoms with Gasteiger partial charge in [0.1, 0.15) is 0 Å². The van der Waals surface area contributed by atoms with E-state index in [1.165, 1.54) is 25.5 Å². The van der Waals surface area contributed by atoms with E-state index in [4.69, 9.17) is 5.11 Å². The molecule has 0 spiro atoms. The molecule has 1 aliphatic rings. The van der Waals surface area contributed by atoms with E-state index in [9.17, 15) is 4.79 Å². The number of hydrogen-bond acceptors (Lipinski definition) is 4. The van der Waals surface area contributed by atoms with E-state index < -0.39 is 5.97 Å². The van der Waals surface area contributed by atoms with Crippen molar-refractivity contribution in [2.24, 2.45) is 10.8 Å². The number of aromatic carboxylic acids is 1. The molecule has 0 aromatic carbocycles. The maximum Gasteiger partial charge on any atom is 0.358 e. The molecule has 1 saturated carbocycles. The Bertz CT molecular complexity index is 492. The Morgan fingerprint density at radius 3 is 2.52 bits per heavy atom. The summed E-state index contributed by atoms with van der Waals surface area (Å²) in [5.74, 6) is -1.04. The van der Waals surface area contributed by atoms with E-state index in [1.807, 2.05) is 0 Å². The van der Waals surface area contributed by atoms with Crippen molar-refractivity contribution in [3.05, 3.63) is 11.9 Å². The van der Waals surface area contributed by atoms with Crippen molar-refractivity contribution >= 4 is 5.97 Å². The number of aromatic nitrogens is 3. The average molecular weight is 294 g/mol. The zero-order chi connectivity index (χ0) is 15.7. The molecule has 2 rings (SSSR count). The van der Waals surface area contributed by atoms with Gasteiger partial charge in [0.05, 0.1) is 12.7 Å². The molecule has 0 atom stereocenters. The third kappa shape index (κ3) is 4.52. The van der Waals surface area contributed by atoms with Gasteiger partial charge in [-0.15, -0.1) is 5.10 Å². The van der Waals surface area contributed by atoms with E-state index in [2.05, 4.69) is 43.3 Å². The van der Waals surface area contributed by atoms with E-state index in [0.29, 0.717) is 23.4 Å². The van der Waals surface area contributed by atoms with Crippen molar-refractivity contribution in [2.45, 2.75) is 59.5 Å². The predicted molar refractivity (Wildman–Crippen MR) is 80.2 cm³/mol. The number of rotatable bonds is 5. The Balaban J connectivity index is 1.83. The Morgan fingerprint density at radius 1 is 1.38 bits per heavy atom. The molecular formula is C15H26N4O2. The lowest BCUT2D eigenvalue weighted by Gasteiger charge is -2.45. The molecule has 1 aromatic heterocycles. The van der Waals surface area contributed by atoms with Crippen LogP contribution >= 0.6 is 0 Å². The summed E-state index contributed by atoms with van der Waals surface area (Å²) in [6.07, 6.45) is 5.07. The van der Waals surface area contributed by atoms with Crippen molar-refractivity contribution in [2.75, 3.05) is 6.54 Å². The van der Waals surface area contributed by atoms with Crippen LogP contribution in [0.4, 0.5) is 0 Å². The lowest BCUT2D eigenvalue weighted by atomic mass is 9.63. The minimum absolute atomic E-state index is 0.00469. The van der Waals surface area contributed by atoms with Gasteiger partial charge in [-0.25, -0.2) is 4.79 Å². The van der Waals surface area contributed by atoms with Gasteiger partial charge in [-0.2, -0.15) is 0 Å². The van der Waals surface area contributed by atoms with E-state index in [-0.39, 0.29) is 5.69 Å². The fourth-order valence-corrected chi connectivity index (χ4v) is 3.88. The molecule has 1 aromatic rings. The number of carboxylic acids is 1. The summed E-state index contributed by atoms with van der Waals surface area (Å²) < 4.78 is 1.58. The lowest BCUT2D eigenvalue weighted by Crippen LogP contribution is -2.44. The Hall–Kier alpha value is -1.43. The highest BCUT2D eigenvalue weighted by atomic mass is 16.4. The smallest absolute Gasteiger partial charge is 0.358 e. The molecular weight excluding hydrogens is 268 g/mol. The maximum atomic E-state index is 10.7. The first-order valence-electron chi connectivity index (χ1n) is 7.54. The molecule has 1 heterocycles. The van der Waals surface area contributed by atoms with E-state index in [0.717, 1.165) is 6.54 Å². The van der Waals surface area contributed by atoms with Crippen LogP contribution in [0.5, 0.6) is 0 Å². The molecule has 2 N–H and O–H groups in total. The van der Waals surface area contributed by atoms with Gasteiger partial charge in [0.15, 0.2) is 5.69 Å². The quantitative estimate of drug-likeness (QED) is 0.870. The molecule has 6 heteroatoms. The fraction of sp³-hybridized carbons (Fsp3) is 0.800. The minimum Gasteiger partial charge on any atom is -0.476 e. The third-order valence-corrected chi connectivity index (χ3v) is 4.09. The molecule has 0 unspecified atom stereocenters. The summed E-state index contributed by atoms with van der Waals surface area (Å²) >= 11 is 0. The number of hydrogen-bond donors (Lipinski definition) is 2. The zero-order valence-corrected chi connectivity index (χ0v) is 13.4. The highest BCUT2D eigenvalue weighted by molar-refractivity contribution is 5.84. The molecule has 118 valence electrons. The van der Waals surface area contributed by atoms with Crippen LogP contribution in [0.15, 0.2) is 6.20 Å². The van der Waals surface area contributed by atoms with E-state index >= 15 is 0 Å². The van der Waals surface area contributed by atoms with E-state index in [1.54, 1.807) is 4.68 Å². The van der Waals surface area contributed by atoms with Crippen molar-refractivity contribution < 1.29 is 9.90 Å². The van der Waals surface area contributed by atoms with Crippen LogP contribution in [0.3, 0.4) is 0 Å². The molecule has 0 saturated heterocycles. The lowest BCUT2D eigenvalue weighted by molar-refractivity contribution is 0.0690. The fourth-order valence-electron chi connectivity index (χ4n) is 3.88. The van der Waals surface area contributed by atoms with Crippen LogP contribution in [0.25, 0.3) is 0 Å². The van der Waals surface area contributed by atoms with Gasteiger partial charge in [0.2, 0.25) is 0 Å². The highest BCUT2D eigenvalue weighted by Gasteiger charge is 2.37. The second kappa shape index (κ2) is 5.75. The molecule has 21 heavy (non-hydrogen) atoms. The summed E-state index contributed by atoms with van der Waals surface area (Å²) in [4.78, 5) is 10.7. The van der Waals surface area contributed by atoms with Crippen LogP contribution in [-0.4, -0.2) is 38.7 Å². The summed E-state index contributed by atoms with van der Waals surface area (Å²) in [6.45, 7) is 10.7. The summed E-state index contributed by atoms with van der Waals surface area (Å²) in [5.41, 5.74) is 0.724. The number of nitrogens with zero attached hydrogens (tertiary/aromatic N) is 3. The Morgan fingerprint density at radius 2 is 2.00 bits per heavy atom. The van der Waals surface area contributed by atoms with Crippen LogP contribution in [0.1, 0.15) is 57.4 Å². The van der Waals surface area contributed by atoms with Gasteiger partial charge >= 0.3 is 5.97 Å². The van der Waals surface area contributed by atoms with Gasteiger partial charge in [-0.3, -0.25) is 4.68 Å². The van der Waals surface area contributed by atoms with Crippen LogP contribution in [-0.2, 0) is 6.54 Å². The number of carboxylic acid groups (broad SMARTS) is 1. The molecule has 1 aliphatic carbocycles. The summed E-state index contributed by atoms with van der Waals surface area (Å²) in [5, 5.41) is 19.8. The molecule has 0 amide bonds. The number of nitrogens with one attached hydrogen (secondary N) is 1. The molecule has 0 aliphatic heterocycles. The topological polar surface area (TPSA) is 80.0 Å². The summed E-state index contributed by atoms with van der Waals surface area (Å²) in [6, 6.07) is 0.506. The summed E-state index contributed by atoms with van der Waals surface area (Å²) in [7, 11) is 0. The van der Waals surface area contributed by atoms with Gasteiger partial charge in [0.25, 0.3) is 0 Å². The Labute approximate surface area is 125 Å². The van der Waals surface area contributed by atoms with Gasteiger partial charge in [0, 0.05) is 12.6 Å². The van der Waals surface area contributed by atoms with Crippen LogP contribution in [0, 0.1) is 10.8 Å². The highest BCUT2D eigenvalue weighted by Crippen LogP contribution is 2.45. The van der Waals surface area contributed by atoms with Gasteiger partial charge in [-0.05, 0) is 30.1 Å². The number of carbonyl (C=O) groups is 1. The molecule has 0 radical (unpaired) electrons. The first-order chi connectivity index (χ1) is 9.67. The first kappa shape index (κ1) is 15.9. The largest absolute Gasteiger partial charge is 0.476 e. The van der Waals surface area contributed by atoms with Gasteiger partial charge < -0.3 is 10.4 Å². The SMILES string of the molecule is CC1(C)CC(NCCn2cc(C(=O)O)nn2)CC(C)(C)C1. The molecule has 1 fully saturated rings. The standard InChI is InChI=1S/C15H26N4O2/c1-14(2)7-11(8-15(3,4)10-14)16-5-6-19-9-12(13(20)21)17-18-19/h9,11,16H,5-8,10H2,1-4H3,(H,20,21). The first-order valence-corrected chi connectivity index (χ1v) is 7.54. The van der Waals surface area contributed by atoms with Crippen molar-refractivity contribution in [3.63, 3.8) is 0 Å². The van der Waals surface area contributed by atoms with Crippen molar-refractivity contribution in [1.82, 2.24) is 20.3 Å². The Kier molecular flexibility index (Phi) is 4.37. The molecule has 0 bridgehead atoms.